The van der Waals surface area contributed by atoms with Crippen LogP contribution in [-0.4, -0.2) is 43.0 Å². The van der Waals surface area contributed by atoms with E-state index in [2.05, 4.69) is 72.3 Å². The third-order valence-corrected chi connectivity index (χ3v) is 5.71. The fourth-order valence-corrected chi connectivity index (χ4v) is 3.75. The first kappa shape index (κ1) is 19.4. The number of aryl methyl sites for hydroxylation is 2. The first-order valence-electron chi connectivity index (χ1n) is 9.84. The number of amides is 1. The van der Waals surface area contributed by atoms with E-state index >= 15 is 0 Å². The van der Waals surface area contributed by atoms with Gasteiger partial charge in [0.2, 0.25) is 5.91 Å². The lowest BCUT2D eigenvalue weighted by molar-refractivity contribution is -0.126. The Bertz CT molecular complexity index is 794. The molecule has 1 heterocycles. The summed E-state index contributed by atoms with van der Waals surface area (Å²) in [7, 11) is 0. The van der Waals surface area contributed by atoms with E-state index in [1.54, 1.807) is 0 Å². The van der Waals surface area contributed by atoms with Crippen LogP contribution < -0.4 is 10.2 Å². The standard InChI is InChI=1S/C23H31N3O/c1-17-7-5-9-21(15-17)16-24-23(27)20(4)25-11-13-26(14-12-25)22-10-6-8-18(2)19(22)3/h5-10,15,20H,11-14,16H2,1-4H3,(H,24,27)/t20-/m1/s1. The number of rotatable bonds is 5. The average Bonchev–Trinajstić information content (AvgIpc) is 2.68. The van der Waals surface area contributed by atoms with Gasteiger partial charge in [-0.05, 0) is 50.5 Å². The molecule has 0 aromatic heterocycles. The fourth-order valence-electron chi connectivity index (χ4n) is 3.75. The molecule has 3 rings (SSSR count). The molecule has 1 amide bonds. The topological polar surface area (TPSA) is 35.6 Å². The molecule has 1 atom stereocenters. The molecule has 0 unspecified atom stereocenters. The molecule has 0 bridgehead atoms. The normalized spacial score (nSPS) is 16.2. The molecule has 1 N–H and O–H groups in total. The summed E-state index contributed by atoms with van der Waals surface area (Å²) in [6, 6.07) is 14.7. The van der Waals surface area contributed by atoms with Crippen LogP contribution in [0.1, 0.15) is 29.2 Å². The second kappa shape index (κ2) is 8.57. The zero-order valence-corrected chi connectivity index (χ0v) is 17.0. The summed E-state index contributed by atoms with van der Waals surface area (Å²) in [5, 5.41) is 3.09. The van der Waals surface area contributed by atoms with Crippen molar-refractivity contribution in [3.05, 3.63) is 64.7 Å². The number of hydrogen-bond acceptors (Lipinski definition) is 3. The first-order chi connectivity index (χ1) is 13.0. The van der Waals surface area contributed by atoms with Crippen LogP contribution in [0, 0.1) is 20.8 Å². The van der Waals surface area contributed by atoms with Gasteiger partial charge in [0.15, 0.2) is 0 Å². The van der Waals surface area contributed by atoms with E-state index < -0.39 is 0 Å². The molecule has 1 fully saturated rings. The maximum absolute atomic E-state index is 12.6. The van der Waals surface area contributed by atoms with Gasteiger partial charge >= 0.3 is 0 Å². The summed E-state index contributed by atoms with van der Waals surface area (Å²) in [5.41, 5.74) is 6.38. The van der Waals surface area contributed by atoms with E-state index in [1.165, 1.54) is 22.4 Å². The monoisotopic (exact) mass is 365 g/mol. The number of piperazine rings is 1. The Labute approximate surface area is 163 Å². The Balaban J connectivity index is 1.52. The Morgan fingerprint density at radius 1 is 1.04 bits per heavy atom. The van der Waals surface area contributed by atoms with E-state index in [4.69, 9.17) is 0 Å². The zero-order valence-electron chi connectivity index (χ0n) is 17.0. The van der Waals surface area contributed by atoms with E-state index in [1.807, 2.05) is 13.0 Å². The van der Waals surface area contributed by atoms with E-state index in [0.717, 1.165) is 31.7 Å². The van der Waals surface area contributed by atoms with Gasteiger partial charge < -0.3 is 10.2 Å². The minimum absolute atomic E-state index is 0.101. The summed E-state index contributed by atoms with van der Waals surface area (Å²) in [6.45, 7) is 12.8. The molecule has 0 saturated carbocycles. The molecular weight excluding hydrogens is 334 g/mol. The number of carbonyl (C=O) groups excluding carboxylic acids is 1. The highest BCUT2D eigenvalue weighted by molar-refractivity contribution is 5.81. The van der Waals surface area contributed by atoms with Crippen LogP contribution in [0.25, 0.3) is 0 Å². The zero-order chi connectivity index (χ0) is 19.4. The summed E-state index contributed by atoms with van der Waals surface area (Å²) in [6.07, 6.45) is 0. The quantitative estimate of drug-likeness (QED) is 0.882. The van der Waals surface area contributed by atoms with Crippen LogP contribution in [0.15, 0.2) is 42.5 Å². The van der Waals surface area contributed by atoms with Gasteiger partial charge in [0.05, 0.1) is 6.04 Å². The number of nitrogens with one attached hydrogen (secondary N) is 1. The van der Waals surface area contributed by atoms with Crippen LogP contribution in [0.2, 0.25) is 0 Å². The molecule has 2 aromatic carbocycles. The number of anilines is 1. The Hall–Kier alpha value is -2.33. The number of carbonyl (C=O) groups is 1. The Morgan fingerprint density at radius 2 is 1.74 bits per heavy atom. The first-order valence-corrected chi connectivity index (χ1v) is 9.84. The number of nitrogens with zero attached hydrogens (tertiary/aromatic N) is 2. The van der Waals surface area contributed by atoms with Gasteiger partial charge in [-0.1, -0.05) is 42.0 Å². The molecule has 2 aromatic rings. The molecule has 27 heavy (non-hydrogen) atoms. The lowest BCUT2D eigenvalue weighted by Gasteiger charge is -2.39. The summed E-state index contributed by atoms with van der Waals surface area (Å²) in [5.74, 6) is 0.108. The largest absolute Gasteiger partial charge is 0.369 e. The smallest absolute Gasteiger partial charge is 0.237 e. The maximum Gasteiger partial charge on any atom is 0.237 e. The van der Waals surface area contributed by atoms with Gasteiger partial charge in [-0.25, -0.2) is 0 Å². The molecule has 0 radical (unpaired) electrons. The summed E-state index contributed by atoms with van der Waals surface area (Å²) in [4.78, 5) is 17.3. The van der Waals surface area contributed by atoms with Crippen molar-refractivity contribution < 1.29 is 4.79 Å². The van der Waals surface area contributed by atoms with E-state index in [9.17, 15) is 4.79 Å². The van der Waals surface area contributed by atoms with Crippen molar-refractivity contribution in [2.45, 2.75) is 40.3 Å². The van der Waals surface area contributed by atoms with Gasteiger partial charge in [0.25, 0.3) is 0 Å². The van der Waals surface area contributed by atoms with Crippen molar-refractivity contribution in [3.8, 4) is 0 Å². The van der Waals surface area contributed by atoms with Crippen molar-refractivity contribution >= 4 is 11.6 Å². The van der Waals surface area contributed by atoms with Crippen LogP contribution >= 0.6 is 0 Å². The Morgan fingerprint density at radius 3 is 2.44 bits per heavy atom. The number of benzene rings is 2. The molecule has 1 aliphatic heterocycles. The van der Waals surface area contributed by atoms with Crippen molar-refractivity contribution in [1.82, 2.24) is 10.2 Å². The van der Waals surface area contributed by atoms with Crippen LogP contribution in [0.5, 0.6) is 0 Å². The predicted molar refractivity (Wildman–Crippen MR) is 112 cm³/mol. The Kier molecular flexibility index (Phi) is 6.17. The highest BCUT2D eigenvalue weighted by Crippen LogP contribution is 2.24. The van der Waals surface area contributed by atoms with Crippen molar-refractivity contribution in [3.63, 3.8) is 0 Å². The average molecular weight is 366 g/mol. The maximum atomic E-state index is 12.6. The van der Waals surface area contributed by atoms with Crippen molar-refractivity contribution in [2.75, 3.05) is 31.1 Å². The van der Waals surface area contributed by atoms with Crippen LogP contribution in [-0.2, 0) is 11.3 Å². The van der Waals surface area contributed by atoms with Gasteiger partial charge in [-0.15, -0.1) is 0 Å². The minimum atomic E-state index is -0.101. The van der Waals surface area contributed by atoms with E-state index in [0.29, 0.717) is 6.54 Å². The highest BCUT2D eigenvalue weighted by atomic mass is 16.2. The highest BCUT2D eigenvalue weighted by Gasteiger charge is 2.26. The third-order valence-electron chi connectivity index (χ3n) is 5.71. The molecule has 1 aliphatic rings. The van der Waals surface area contributed by atoms with Crippen LogP contribution in [0.4, 0.5) is 5.69 Å². The molecule has 144 valence electrons. The fraction of sp³-hybridized carbons (Fsp3) is 0.435. The molecule has 4 heteroatoms. The molecule has 4 nitrogen and oxygen atoms in total. The SMILES string of the molecule is Cc1cccc(CNC(=O)[C@@H](C)N2CCN(c3cccc(C)c3C)CC2)c1. The molecular formula is C23H31N3O. The second-order valence-corrected chi connectivity index (χ2v) is 7.62. The number of hydrogen-bond donors (Lipinski definition) is 1. The summed E-state index contributed by atoms with van der Waals surface area (Å²) >= 11 is 0. The molecule has 1 saturated heterocycles. The predicted octanol–water partition coefficient (Wildman–Crippen LogP) is 3.44. The van der Waals surface area contributed by atoms with E-state index in [-0.39, 0.29) is 11.9 Å². The lowest BCUT2D eigenvalue weighted by atomic mass is 10.1. The van der Waals surface area contributed by atoms with Crippen molar-refractivity contribution in [2.24, 2.45) is 0 Å². The molecule has 0 spiro atoms. The summed E-state index contributed by atoms with van der Waals surface area (Å²) < 4.78 is 0. The van der Waals surface area contributed by atoms with Gasteiger partial charge in [-0.3, -0.25) is 9.69 Å². The lowest BCUT2D eigenvalue weighted by Crippen LogP contribution is -2.54. The third kappa shape index (κ3) is 4.69. The van der Waals surface area contributed by atoms with Gasteiger partial charge in [0, 0.05) is 38.4 Å². The van der Waals surface area contributed by atoms with Gasteiger partial charge in [-0.2, -0.15) is 0 Å². The van der Waals surface area contributed by atoms with Crippen LogP contribution in [0.3, 0.4) is 0 Å². The minimum Gasteiger partial charge on any atom is -0.369 e. The second-order valence-electron chi connectivity index (χ2n) is 7.62. The molecule has 0 aliphatic carbocycles. The van der Waals surface area contributed by atoms with Gasteiger partial charge in [0.1, 0.15) is 0 Å². The van der Waals surface area contributed by atoms with Crippen molar-refractivity contribution in [1.29, 1.82) is 0 Å².